The Hall–Kier alpha value is -3.09. The van der Waals surface area contributed by atoms with Crippen LogP contribution in [0.15, 0.2) is 47.1 Å². The van der Waals surface area contributed by atoms with Gasteiger partial charge in [0.05, 0.1) is 24.6 Å². The zero-order valence-electron chi connectivity index (χ0n) is 14.5. The Kier molecular flexibility index (Phi) is 4.54. The first kappa shape index (κ1) is 17.7. The fraction of sp³-hybridized carbons (Fsp3) is 0.316. The first-order valence-electron chi connectivity index (χ1n) is 8.25. The smallest absolute Gasteiger partial charge is 0.307 e. The minimum Gasteiger partial charge on any atom is -0.481 e. The Morgan fingerprint density at radius 1 is 1.12 bits per heavy atom. The van der Waals surface area contributed by atoms with E-state index in [-0.39, 0.29) is 18.4 Å². The van der Waals surface area contributed by atoms with E-state index in [0.717, 1.165) is 0 Å². The predicted molar refractivity (Wildman–Crippen MR) is 93.3 cm³/mol. The van der Waals surface area contributed by atoms with Crippen molar-refractivity contribution in [2.45, 2.75) is 20.4 Å². The number of carboxylic acids is 1. The Bertz CT molecular complexity index is 824. The molecule has 1 aliphatic carbocycles. The van der Waals surface area contributed by atoms with E-state index >= 15 is 0 Å². The van der Waals surface area contributed by atoms with Crippen LogP contribution in [0.4, 0.5) is 5.69 Å². The number of hydrogen-bond donors (Lipinski definition) is 3. The monoisotopic (exact) mass is 356 g/mol. The molecule has 3 rings (SSSR count). The number of amides is 2. The molecule has 0 radical (unpaired) electrons. The van der Waals surface area contributed by atoms with Gasteiger partial charge >= 0.3 is 5.97 Å². The van der Waals surface area contributed by atoms with Crippen molar-refractivity contribution in [3.63, 3.8) is 0 Å². The lowest BCUT2D eigenvalue weighted by Crippen LogP contribution is -2.22. The molecule has 2 aromatic rings. The fourth-order valence-corrected chi connectivity index (χ4v) is 3.20. The van der Waals surface area contributed by atoms with Crippen LogP contribution in [0.25, 0.3) is 0 Å². The maximum absolute atomic E-state index is 12.3. The van der Waals surface area contributed by atoms with Crippen LogP contribution in [-0.2, 0) is 16.1 Å². The van der Waals surface area contributed by atoms with Crippen LogP contribution >= 0.6 is 0 Å². The average molecular weight is 356 g/mol. The number of furan rings is 1. The second kappa shape index (κ2) is 6.67. The van der Waals surface area contributed by atoms with Crippen molar-refractivity contribution in [1.29, 1.82) is 0 Å². The summed E-state index contributed by atoms with van der Waals surface area (Å²) in [5, 5.41) is 14.6. The molecule has 0 aliphatic heterocycles. The highest BCUT2D eigenvalue weighted by Gasteiger charge is 2.65. The van der Waals surface area contributed by atoms with Crippen LogP contribution < -0.4 is 10.6 Å². The summed E-state index contributed by atoms with van der Waals surface area (Å²) in [5.74, 6) is -2.11. The van der Waals surface area contributed by atoms with Crippen LogP contribution in [0, 0.1) is 17.3 Å². The summed E-state index contributed by atoms with van der Waals surface area (Å²) in [6.45, 7) is 3.82. The summed E-state index contributed by atoms with van der Waals surface area (Å²) in [5.41, 5.74) is 0.413. The number of benzene rings is 1. The quantitative estimate of drug-likeness (QED) is 0.737. The number of nitrogens with one attached hydrogen (secondary N) is 2. The molecular formula is C19H20N2O5. The molecule has 2 amide bonds. The molecule has 1 saturated carbocycles. The molecule has 7 nitrogen and oxygen atoms in total. The van der Waals surface area contributed by atoms with E-state index < -0.39 is 23.2 Å². The minimum atomic E-state index is -0.960. The zero-order valence-corrected chi connectivity index (χ0v) is 14.5. The van der Waals surface area contributed by atoms with Crippen molar-refractivity contribution in [1.82, 2.24) is 5.32 Å². The van der Waals surface area contributed by atoms with Gasteiger partial charge in [0.15, 0.2) is 0 Å². The average Bonchev–Trinajstić information content (AvgIpc) is 2.94. The van der Waals surface area contributed by atoms with Gasteiger partial charge in [-0.1, -0.05) is 13.8 Å². The van der Waals surface area contributed by atoms with E-state index in [1.165, 1.54) is 6.26 Å². The van der Waals surface area contributed by atoms with Crippen molar-refractivity contribution >= 4 is 23.5 Å². The van der Waals surface area contributed by atoms with Gasteiger partial charge in [0.1, 0.15) is 5.76 Å². The van der Waals surface area contributed by atoms with E-state index in [1.807, 2.05) is 0 Å². The highest BCUT2D eigenvalue weighted by Crippen LogP contribution is 2.58. The van der Waals surface area contributed by atoms with Crippen molar-refractivity contribution in [2.24, 2.45) is 17.3 Å². The first-order valence-corrected chi connectivity index (χ1v) is 8.25. The third kappa shape index (κ3) is 3.46. The van der Waals surface area contributed by atoms with Crippen LogP contribution in [-0.4, -0.2) is 22.9 Å². The number of anilines is 1. The van der Waals surface area contributed by atoms with E-state index in [2.05, 4.69) is 10.6 Å². The Morgan fingerprint density at radius 2 is 1.81 bits per heavy atom. The minimum absolute atomic E-state index is 0.256. The molecule has 2 atom stereocenters. The van der Waals surface area contributed by atoms with E-state index in [1.54, 1.807) is 50.2 Å². The number of hydrogen-bond acceptors (Lipinski definition) is 4. The van der Waals surface area contributed by atoms with Crippen LogP contribution in [0.3, 0.4) is 0 Å². The molecule has 136 valence electrons. The standard InChI is InChI=1S/C19H20N2O5/c1-19(2)14(15(19)18(24)25)17(23)21-12-7-5-11(6-8-12)16(22)20-10-13-4-3-9-26-13/h3-9,14-15H,10H2,1-2H3,(H,20,22)(H,21,23)(H,24,25)/t14-,15+/m0/s1. The summed E-state index contributed by atoms with van der Waals surface area (Å²) < 4.78 is 5.15. The lowest BCUT2D eigenvalue weighted by molar-refractivity contribution is -0.140. The second-order valence-electron chi connectivity index (χ2n) is 6.94. The molecule has 0 spiro atoms. The fourth-order valence-electron chi connectivity index (χ4n) is 3.20. The van der Waals surface area contributed by atoms with Crippen LogP contribution in [0.5, 0.6) is 0 Å². The van der Waals surface area contributed by atoms with E-state index in [9.17, 15) is 14.4 Å². The van der Waals surface area contributed by atoms with Gasteiger partial charge in [-0.15, -0.1) is 0 Å². The maximum atomic E-state index is 12.3. The number of rotatable bonds is 6. The van der Waals surface area contributed by atoms with E-state index in [0.29, 0.717) is 17.0 Å². The molecule has 3 N–H and O–H groups in total. The predicted octanol–water partition coefficient (Wildman–Crippen LogP) is 2.50. The molecule has 0 saturated heterocycles. The van der Waals surface area contributed by atoms with Gasteiger partial charge in [-0.25, -0.2) is 0 Å². The lowest BCUT2D eigenvalue weighted by atomic mass is 10.1. The third-order valence-corrected chi connectivity index (χ3v) is 4.79. The van der Waals surface area contributed by atoms with Crippen LogP contribution in [0.2, 0.25) is 0 Å². The summed E-state index contributed by atoms with van der Waals surface area (Å²) in [6.07, 6.45) is 1.54. The molecule has 1 heterocycles. The highest BCUT2D eigenvalue weighted by atomic mass is 16.4. The van der Waals surface area contributed by atoms with Gasteiger partial charge in [-0.3, -0.25) is 14.4 Å². The molecule has 0 unspecified atom stereocenters. The normalized spacial score (nSPS) is 20.2. The van der Waals surface area contributed by atoms with Gasteiger partial charge < -0.3 is 20.2 Å². The number of aliphatic carboxylic acids is 1. The van der Waals surface area contributed by atoms with Crippen molar-refractivity contribution in [3.05, 3.63) is 54.0 Å². The second-order valence-corrected chi connectivity index (χ2v) is 6.94. The lowest BCUT2D eigenvalue weighted by Gasteiger charge is -2.08. The number of carbonyl (C=O) groups excluding carboxylic acids is 2. The number of carboxylic acid groups (broad SMARTS) is 1. The highest BCUT2D eigenvalue weighted by molar-refractivity contribution is 6.00. The molecule has 1 fully saturated rings. The Balaban J connectivity index is 1.57. The summed E-state index contributed by atoms with van der Waals surface area (Å²) in [4.78, 5) is 35.6. The molecular weight excluding hydrogens is 336 g/mol. The Labute approximate surface area is 150 Å². The topological polar surface area (TPSA) is 109 Å². The maximum Gasteiger partial charge on any atom is 0.307 e. The van der Waals surface area contributed by atoms with Gasteiger partial charge in [-0.2, -0.15) is 0 Å². The zero-order chi connectivity index (χ0) is 18.9. The first-order chi connectivity index (χ1) is 12.3. The van der Waals surface area contributed by atoms with Gasteiger partial charge in [0.25, 0.3) is 5.91 Å². The third-order valence-electron chi connectivity index (χ3n) is 4.79. The molecule has 26 heavy (non-hydrogen) atoms. The summed E-state index contributed by atoms with van der Waals surface area (Å²) in [7, 11) is 0. The largest absolute Gasteiger partial charge is 0.481 e. The summed E-state index contributed by atoms with van der Waals surface area (Å²) in [6, 6.07) is 9.94. The van der Waals surface area contributed by atoms with Gasteiger partial charge in [-0.05, 0) is 41.8 Å². The van der Waals surface area contributed by atoms with Crippen molar-refractivity contribution in [3.8, 4) is 0 Å². The molecule has 1 aromatic heterocycles. The van der Waals surface area contributed by atoms with Crippen LogP contribution in [0.1, 0.15) is 30.0 Å². The van der Waals surface area contributed by atoms with E-state index in [4.69, 9.17) is 9.52 Å². The SMILES string of the molecule is CC1(C)[C@H](C(=O)Nc2ccc(C(=O)NCc3ccco3)cc2)[C@@H]1C(=O)O. The van der Waals surface area contributed by atoms with Crippen molar-refractivity contribution in [2.75, 3.05) is 5.32 Å². The van der Waals surface area contributed by atoms with Gasteiger partial charge in [0, 0.05) is 11.3 Å². The molecule has 0 bridgehead atoms. The molecule has 7 heteroatoms. The Morgan fingerprint density at radius 3 is 2.35 bits per heavy atom. The van der Waals surface area contributed by atoms with Gasteiger partial charge in [0.2, 0.25) is 5.91 Å². The molecule has 1 aliphatic rings. The molecule has 1 aromatic carbocycles. The van der Waals surface area contributed by atoms with Crippen molar-refractivity contribution < 1.29 is 23.9 Å². The number of carbonyl (C=O) groups is 3. The summed E-state index contributed by atoms with van der Waals surface area (Å²) >= 11 is 0.